The van der Waals surface area contributed by atoms with Gasteiger partial charge in [0.05, 0.1) is 30.5 Å². The first-order valence-electron chi connectivity index (χ1n) is 12.8. The fraction of sp³-hybridized carbons (Fsp3) is 0.536. The van der Waals surface area contributed by atoms with Crippen LogP contribution in [-0.2, 0) is 14.3 Å². The molecule has 1 aromatic rings. The molecule has 0 amide bonds. The molecule has 1 aliphatic heterocycles. The van der Waals surface area contributed by atoms with E-state index in [0.29, 0.717) is 42.0 Å². The number of hydrogen-bond donors (Lipinski definition) is 3. The number of allylic oxidation sites excluding steroid dienone is 1. The van der Waals surface area contributed by atoms with Crippen LogP contribution in [0.25, 0.3) is 5.57 Å². The van der Waals surface area contributed by atoms with Gasteiger partial charge in [-0.1, -0.05) is 44.6 Å². The molecule has 36 heavy (non-hydrogen) atoms. The highest BCUT2D eigenvalue weighted by Gasteiger charge is 2.31. The lowest BCUT2D eigenvalue weighted by Gasteiger charge is -2.29. The average Bonchev–Trinajstić information content (AvgIpc) is 2.86. The van der Waals surface area contributed by atoms with Gasteiger partial charge in [-0.05, 0) is 54.8 Å². The van der Waals surface area contributed by atoms with Gasteiger partial charge in [0.15, 0.2) is 0 Å². The topological polar surface area (TPSA) is 105 Å². The lowest BCUT2D eigenvalue weighted by Crippen LogP contribution is -2.30. The van der Waals surface area contributed by atoms with Gasteiger partial charge in [0.2, 0.25) is 0 Å². The van der Waals surface area contributed by atoms with Crippen molar-refractivity contribution in [1.82, 2.24) is 0 Å². The van der Waals surface area contributed by atoms with Crippen LogP contribution >= 0.6 is 9.24 Å². The zero-order valence-corrected chi connectivity index (χ0v) is 22.2. The fourth-order valence-electron chi connectivity index (χ4n) is 4.11. The molecule has 1 heterocycles. The molecule has 7 nitrogen and oxygen atoms in total. The van der Waals surface area contributed by atoms with Crippen LogP contribution in [0.3, 0.4) is 0 Å². The third kappa shape index (κ3) is 8.45. The summed E-state index contributed by atoms with van der Waals surface area (Å²) in [5.41, 5.74) is 1.76. The lowest BCUT2D eigenvalue weighted by molar-refractivity contribution is -0.141. The van der Waals surface area contributed by atoms with E-state index in [1.54, 1.807) is 30.3 Å². The summed E-state index contributed by atoms with van der Waals surface area (Å²) < 4.78 is 17.1. The molecule has 7 unspecified atom stereocenters. The first-order valence-corrected chi connectivity index (χ1v) is 13.4. The molecule has 0 aromatic heterocycles. The predicted octanol–water partition coefficient (Wildman–Crippen LogP) is 3.78. The van der Waals surface area contributed by atoms with Gasteiger partial charge in [-0.3, -0.25) is 0 Å². The van der Waals surface area contributed by atoms with Crippen LogP contribution in [-0.4, -0.2) is 64.6 Å². The van der Waals surface area contributed by atoms with Crippen molar-refractivity contribution < 1.29 is 34.3 Å². The maximum atomic E-state index is 12.7. The van der Waals surface area contributed by atoms with Gasteiger partial charge in [0, 0.05) is 12.3 Å². The first kappa shape index (κ1) is 28.4. The summed E-state index contributed by atoms with van der Waals surface area (Å²) in [5.74, 6) is 0.713. The number of hydrogen-bond acceptors (Lipinski definition) is 7. The van der Waals surface area contributed by atoms with Crippen molar-refractivity contribution >= 4 is 20.8 Å². The van der Waals surface area contributed by atoms with Gasteiger partial charge in [0.1, 0.15) is 24.2 Å². The Labute approximate surface area is 216 Å². The second-order valence-corrected chi connectivity index (χ2v) is 10.7. The van der Waals surface area contributed by atoms with Gasteiger partial charge in [-0.15, -0.1) is 9.24 Å². The Balaban J connectivity index is 1.51. The van der Waals surface area contributed by atoms with E-state index in [1.807, 2.05) is 25.2 Å². The molecule has 0 bridgehead atoms. The Morgan fingerprint density at radius 3 is 2.47 bits per heavy atom. The van der Waals surface area contributed by atoms with Crippen LogP contribution in [0.15, 0.2) is 54.3 Å². The number of fused-ring (bicyclic) bond motifs is 1. The number of aliphatic hydroxyl groups is 3. The maximum Gasteiger partial charge on any atom is 0.339 e. The summed E-state index contributed by atoms with van der Waals surface area (Å²) in [7, 11) is 2.76. The Bertz CT molecular complexity index is 938. The summed E-state index contributed by atoms with van der Waals surface area (Å²) in [6.45, 7) is 4.43. The highest BCUT2D eigenvalue weighted by atomic mass is 31.0. The smallest absolute Gasteiger partial charge is 0.339 e. The van der Waals surface area contributed by atoms with Crippen LogP contribution < -0.4 is 4.74 Å². The van der Waals surface area contributed by atoms with E-state index >= 15 is 0 Å². The van der Waals surface area contributed by atoms with E-state index in [0.717, 1.165) is 18.4 Å². The molecule has 0 fully saturated rings. The third-order valence-corrected chi connectivity index (χ3v) is 6.70. The van der Waals surface area contributed by atoms with Gasteiger partial charge >= 0.3 is 5.97 Å². The van der Waals surface area contributed by atoms with E-state index in [2.05, 4.69) is 16.2 Å². The van der Waals surface area contributed by atoms with E-state index < -0.39 is 30.4 Å². The molecule has 0 spiro atoms. The van der Waals surface area contributed by atoms with E-state index in [9.17, 15) is 20.1 Å². The standard InChI is InChI=1S/C28H39O7P/c1-3-25(30)26(31)13-14-33-22-10-7-19(8-11-22)24-15-20-9-12-23(16-27(20)35-28(24)32)34-17-21(29)6-4-5-18(2)36/h7-12,15-16,18,20-21,25-27,29-31H,3-6,13-14,17,36H2,1-2H3. The van der Waals surface area contributed by atoms with Crippen molar-refractivity contribution in [3.05, 3.63) is 59.9 Å². The molecule has 1 aromatic carbocycles. The summed E-state index contributed by atoms with van der Waals surface area (Å²) in [4.78, 5) is 12.7. The molecule has 3 rings (SSSR count). The molecule has 0 saturated heterocycles. The van der Waals surface area contributed by atoms with Crippen molar-refractivity contribution in [1.29, 1.82) is 0 Å². The number of carbonyl (C=O) groups excluding carboxylic acids is 1. The quantitative estimate of drug-likeness (QED) is 0.254. The summed E-state index contributed by atoms with van der Waals surface area (Å²) >= 11 is 0. The van der Waals surface area contributed by atoms with Gasteiger partial charge < -0.3 is 29.5 Å². The van der Waals surface area contributed by atoms with Gasteiger partial charge in [0.25, 0.3) is 0 Å². The van der Waals surface area contributed by atoms with Crippen LogP contribution in [0, 0.1) is 5.92 Å². The fourth-order valence-corrected chi connectivity index (χ4v) is 4.34. The summed E-state index contributed by atoms with van der Waals surface area (Å²) in [5, 5.41) is 29.6. The second kappa shape index (κ2) is 13.9. The van der Waals surface area contributed by atoms with Gasteiger partial charge in [-0.25, -0.2) is 4.79 Å². The third-order valence-electron chi connectivity index (χ3n) is 6.36. The van der Waals surface area contributed by atoms with Crippen molar-refractivity contribution in [3.8, 4) is 5.75 Å². The Morgan fingerprint density at radius 2 is 1.78 bits per heavy atom. The normalized spacial score (nSPS) is 22.4. The average molecular weight is 519 g/mol. The Hall–Kier alpha value is -2.18. The molecule has 8 heteroatoms. The number of aliphatic hydroxyl groups excluding tert-OH is 3. The molecular weight excluding hydrogens is 479 g/mol. The maximum absolute atomic E-state index is 12.7. The molecular formula is C28H39O7P. The molecule has 2 aliphatic rings. The van der Waals surface area contributed by atoms with Crippen LogP contribution in [0.5, 0.6) is 5.75 Å². The summed E-state index contributed by atoms with van der Waals surface area (Å²) in [6.07, 6.45) is 8.46. The predicted molar refractivity (Wildman–Crippen MR) is 142 cm³/mol. The van der Waals surface area contributed by atoms with E-state index in [-0.39, 0.29) is 19.1 Å². The molecule has 3 N–H and O–H groups in total. The highest BCUT2D eigenvalue weighted by molar-refractivity contribution is 7.17. The van der Waals surface area contributed by atoms with Crippen LogP contribution in [0.4, 0.5) is 0 Å². The van der Waals surface area contributed by atoms with E-state index in [4.69, 9.17) is 14.2 Å². The molecule has 1 aliphatic carbocycles. The van der Waals surface area contributed by atoms with Crippen molar-refractivity contribution in [2.45, 2.75) is 76.0 Å². The number of carbonyl (C=O) groups is 1. The largest absolute Gasteiger partial charge is 0.493 e. The molecule has 7 atom stereocenters. The minimum absolute atomic E-state index is 0.0964. The first-order chi connectivity index (χ1) is 17.3. The number of ether oxygens (including phenoxy) is 3. The zero-order chi connectivity index (χ0) is 26.1. The minimum atomic E-state index is -0.813. The second-order valence-electron chi connectivity index (χ2n) is 9.53. The molecule has 198 valence electrons. The molecule has 0 saturated carbocycles. The monoisotopic (exact) mass is 518 g/mol. The minimum Gasteiger partial charge on any atom is -0.493 e. The van der Waals surface area contributed by atoms with E-state index in [1.165, 1.54) is 0 Å². The van der Waals surface area contributed by atoms with Crippen molar-refractivity contribution in [2.75, 3.05) is 13.2 Å². The molecule has 0 radical (unpaired) electrons. The number of rotatable bonds is 14. The zero-order valence-electron chi connectivity index (χ0n) is 21.1. The van der Waals surface area contributed by atoms with Crippen molar-refractivity contribution in [3.63, 3.8) is 0 Å². The SMILES string of the molecule is CCC(O)C(O)CCOc1ccc(C2=CC3C=CC(OCC(O)CCCC(C)P)=CC3OC2=O)cc1. The Morgan fingerprint density at radius 1 is 1.03 bits per heavy atom. The summed E-state index contributed by atoms with van der Waals surface area (Å²) in [6, 6.07) is 7.14. The van der Waals surface area contributed by atoms with Crippen LogP contribution in [0.1, 0.15) is 51.5 Å². The van der Waals surface area contributed by atoms with Crippen LogP contribution in [0.2, 0.25) is 0 Å². The van der Waals surface area contributed by atoms with Crippen molar-refractivity contribution in [2.24, 2.45) is 5.92 Å². The number of esters is 1. The highest BCUT2D eigenvalue weighted by Crippen LogP contribution is 2.32. The Kier molecular flexibility index (Phi) is 11.0. The lowest BCUT2D eigenvalue weighted by atomic mass is 9.90. The number of benzene rings is 1. The van der Waals surface area contributed by atoms with Gasteiger partial charge in [-0.2, -0.15) is 0 Å².